The smallest absolute Gasteiger partial charge is 0.0138 e. The van der Waals surface area contributed by atoms with Crippen molar-refractivity contribution in [1.29, 1.82) is 0 Å². The second kappa shape index (κ2) is 6.46. The summed E-state index contributed by atoms with van der Waals surface area (Å²) in [5.74, 6) is 0.835. The Kier molecular flexibility index (Phi) is 4.93. The molecule has 0 saturated heterocycles. The lowest BCUT2D eigenvalue weighted by molar-refractivity contribution is 0.433. The second-order valence-corrected chi connectivity index (χ2v) is 6.21. The molecule has 17 heavy (non-hydrogen) atoms. The molecule has 2 rings (SSSR count). The Labute approximate surface area is 109 Å². The van der Waals surface area contributed by atoms with E-state index >= 15 is 0 Å². The molecule has 0 saturated carbocycles. The molecule has 0 spiro atoms. The van der Waals surface area contributed by atoms with Crippen LogP contribution in [0.1, 0.15) is 32.3 Å². The molecule has 0 radical (unpaired) electrons. The fourth-order valence-electron chi connectivity index (χ4n) is 2.50. The summed E-state index contributed by atoms with van der Waals surface area (Å²) >= 11 is 2.09. The summed E-state index contributed by atoms with van der Waals surface area (Å²) in [4.78, 5) is 1.51. The van der Waals surface area contributed by atoms with Crippen molar-refractivity contribution in [2.24, 2.45) is 5.92 Å². The summed E-state index contributed by atoms with van der Waals surface area (Å²) in [5.41, 5.74) is 1.56. The highest BCUT2D eigenvalue weighted by Crippen LogP contribution is 2.39. The van der Waals surface area contributed by atoms with E-state index in [9.17, 15) is 0 Å². The van der Waals surface area contributed by atoms with Gasteiger partial charge in [0, 0.05) is 10.1 Å². The molecule has 1 aliphatic heterocycles. The third-order valence-electron chi connectivity index (χ3n) is 3.57. The van der Waals surface area contributed by atoms with E-state index in [0.717, 1.165) is 17.7 Å². The molecule has 1 aliphatic rings. The van der Waals surface area contributed by atoms with Crippen LogP contribution in [0.15, 0.2) is 29.2 Å². The normalized spacial score (nSPS) is 20.2. The summed E-state index contributed by atoms with van der Waals surface area (Å²) in [7, 11) is 0. The zero-order valence-corrected chi connectivity index (χ0v) is 11.7. The van der Waals surface area contributed by atoms with Crippen LogP contribution in [-0.4, -0.2) is 18.3 Å². The average molecular weight is 249 g/mol. The van der Waals surface area contributed by atoms with Gasteiger partial charge in [0.25, 0.3) is 0 Å². The second-order valence-electron chi connectivity index (χ2n) is 4.87. The Bertz CT molecular complexity index is 326. The molecule has 1 N–H and O–H groups in total. The van der Waals surface area contributed by atoms with E-state index in [1.165, 1.54) is 30.7 Å². The Balaban J connectivity index is 1.85. The van der Waals surface area contributed by atoms with Crippen LogP contribution in [-0.2, 0) is 6.42 Å². The van der Waals surface area contributed by atoms with Crippen molar-refractivity contribution in [2.75, 3.05) is 13.1 Å². The van der Waals surface area contributed by atoms with Gasteiger partial charge in [-0.15, -0.1) is 11.8 Å². The summed E-state index contributed by atoms with van der Waals surface area (Å²) < 4.78 is 0. The molecule has 0 fully saturated rings. The van der Waals surface area contributed by atoms with Crippen LogP contribution in [0.25, 0.3) is 0 Å². The van der Waals surface area contributed by atoms with Crippen LogP contribution < -0.4 is 5.32 Å². The van der Waals surface area contributed by atoms with Crippen molar-refractivity contribution >= 4 is 11.8 Å². The number of benzene rings is 1. The standard InChI is InChI=1S/C15H23NS/c1-3-12(11-16-4-2)9-14-10-13-7-5-6-8-15(13)17-14/h5-8,12,14,16H,3-4,9-11H2,1-2H3. The van der Waals surface area contributed by atoms with E-state index in [1.807, 2.05) is 0 Å². The number of rotatable bonds is 6. The third kappa shape index (κ3) is 3.49. The lowest BCUT2D eigenvalue weighted by Crippen LogP contribution is -2.24. The predicted molar refractivity (Wildman–Crippen MR) is 76.7 cm³/mol. The number of hydrogen-bond acceptors (Lipinski definition) is 2. The van der Waals surface area contributed by atoms with Crippen LogP contribution in [0.2, 0.25) is 0 Å². The van der Waals surface area contributed by atoms with Crippen LogP contribution in [0, 0.1) is 5.92 Å². The van der Waals surface area contributed by atoms with Gasteiger partial charge in [0.2, 0.25) is 0 Å². The molecule has 0 aromatic heterocycles. The van der Waals surface area contributed by atoms with E-state index in [2.05, 4.69) is 55.2 Å². The molecular formula is C15H23NS. The zero-order chi connectivity index (χ0) is 12.1. The molecule has 1 nitrogen and oxygen atoms in total. The minimum absolute atomic E-state index is 0.802. The van der Waals surface area contributed by atoms with Crippen molar-refractivity contribution in [3.63, 3.8) is 0 Å². The summed E-state index contributed by atoms with van der Waals surface area (Å²) in [6.07, 6.45) is 3.91. The van der Waals surface area contributed by atoms with Crippen molar-refractivity contribution in [1.82, 2.24) is 5.32 Å². The Morgan fingerprint density at radius 3 is 2.88 bits per heavy atom. The zero-order valence-electron chi connectivity index (χ0n) is 10.9. The first-order valence-electron chi connectivity index (χ1n) is 6.78. The van der Waals surface area contributed by atoms with E-state index < -0.39 is 0 Å². The van der Waals surface area contributed by atoms with Gasteiger partial charge in [-0.3, -0.25) is 0 Å². The first kappa shape index (κ1) is 13.0. The maximum absolute atomic E-state index is 3.49. The fraction of sp³-hybridized carbons (Fsp3) is 0.600. The number of thioether (sulfide) groups is 1. The van der Waals surface area contributed by atoms with Crippen molar-refractivity contribution < 1.29 is 0 Å². The van der Waals surface area contributed by atoms with E-state index in [1.54, 1.807) is 5.56 Å². The van der Waals surface area contributed by atoms with Gasteiger partial charge in [0.05, 0.1) is 0 Å². The van der Waals surface area contributed by atoms with Crippen molar-refractivity contribution in [3.05, 3.63) is 29.8 Å². The highest BCUT2D eigenvalue weighted by atomic mass is 32.2. The number of fused-ring (bicyclic) bond motifs is 1. The number of nitrogens with one attached hydrogen (secondary N) is 1. The SMILES string of the molecule is CCNCC(CC)CC1Cc2ccccc2S1. The molecule has 2 heteroatoms. The van der Waals surface area contributed by atoms with E-state index in [0.29, 0.717) is 0 Å². The summed E-state index contributed by atoms with van der Waals surface area (Å²) in [6.45, 7) is 6.77. The van der Waals surface area contributed by atoms with Crippen LogP contribution >= 0.6 is 11.8 Å². The Morgan fingerprint density at radius 1 is 1.35 bits per heavy atom. The molecule has 0 amide bonds. The molecule has 2 atom stereocenters. The maximum Gasteiger partial charge on any atom is 0.0138 e. The minimum Gasteiger partial charge on any atom is -0.317 e. The monoisotopic (exact) mass is 249 g/mol. The maximum atomic E-state index is 3.49. The van der Waals surface area contributed by atoms with Gasteiger partial charge in [-0.2, -0.15) is 0 Å². The summed E-state index contributed by atoms with van der Waals surface area (Å²) in [5, 5.41) is 4.29. The topological polar surface area (TPSA) is 12.0 Å². The van der Waals surface area contributed by atoms with Gasteiger partial charge in [-0.05, 0) is 43.5 Å². The van der Waals surface area contributed by atoms with Crippen LogP contribution in [0.5, 0.6) is 0 Å². The van der Waals surface area contributed by atoms with Gasteiger partial charge in [-0.1, -0.05) is 38.5 Å². The van der Waals surface area contributed by atoms with Gasteiger partial charge in [0.15, 0.2) is 0 Å². The lowest BCUT2D eigenvalue weighted by Gasteiger charge is -2.18. The Morgan fingerprint density at radius 2 is 2.18 bits per heavy atom. The highest BCUT2D eigenvalue weighted by Gasteiger charge is 2.23. The fourth-order valence-corrected chi connectivity index (χ4v) is 3.95. The third-order valence-corrected chi connectivity index (χ3v) is 4.92. The molecule has 0 aliphatic carbocycles. The van der Waals surface area contributed by atoms with Crippen molar-refractivity contribution in [3.8, 4) is 0 Å². The largest absolute Gasteiger partial charge is 0.317 e. The first-order valence-corrected chi connectivity index (χ1v) is 7.66. The molecule has 1 aromatic carbocycles. The molecular weight excluding hydrogens is 226 g/mol. The minimum atomic E-state index is 0.802. The van der Waals surface area contributed by atoms with Crippen LogP contribution in [0.4, 0.5) is 0 Å². The van der Waals surface area contributed by atoms with Gasteiger partial charge in [0.1, 0.15) is 0 Å². The van der Waals surface area contributed by atoms with Crippen molar-refractivity contribution in [2.45, 2.75) is 43.3 Å². The predicted octanol–water partition coefficient (Wildman–Crippen LogP) is 3.73. The first-order chi connectivity index (χ1) is 8.33. The molecule has 1 heterocycles. The molecule has 0 bridgehead atoms. The summed E-state index contributed by atoms with van der Waals surface area (Å²) in [6, 6.07) is 8.88. The lowest BCUT2D eigenvalue weighted by atomic mass is 9.97. The Hall–Kier alpha value is -0.470. The molecule has 2 unspecified atom stereocenters. The highest BCUT2D eigenvalue weighted by molar-refractivity contribution is 8.00. The molecule has 1 aromatic rings. The van der Waals surface area contributed by atoms with Gasteiger partial charge < -0.3 is 5.32 Å². The molecule has 94 valence electrons. The van der Waals surface area contributed by atoms with Gasteiger partial charge in [-0.25, -0.2) is 0 Å². The van der Waals surface area contributed by atoms with E-state index in [4.69, 9.17) is 0 Å². The van der Waals surface area contributed by atoms with Gasteiger partial charge >= 0.3 is 0 Å². The number of hydrogen-bond donors (Lipinski definition) is 1. The van der Waals surface area contributed by atoms with E-state index in [-0.39, 0.29) is 0 Å². The quantitative estimate of drug-likeness (QED) is 0.824. The van der Waals surface area contributed by atoms with Crippen LogP contribution in [0.3, 0.4) is 0 Å². The average Bonchev–Trinajstić information content (AvgIpc) is 2.76.